The van der Waals surface area contributed by atoms with Crippen LogP contribution in [-0.2, 0) is 19.5 Å². The van der Waals surface area contributed by atoms with Gasteiger partial charge in [0.05, 0.1) is 27.5 Å². The largest absolute Gasteiger partial charge is 0.293 e. The zero-order valence-electron chi connectivity index (χ0n) is 11.8. The second-order valence-electron chi connectivity index (χ2n) is 5.30. The fourth-order valence-electron chi connectivity index (χ4n) is 2.67. The normalized spacial score (nSPS) is 15.0. The Labute approximate surface area is 137 Å². The molecule has 0 spiro atoms. The van der Waals surface area contributed by atoms with Crippen LogP contribution in [0.5, 0.6) is 0 Å². The number of H-pyrrole nitrogens is 1. The number of aromatic amines is 1. The molecule has 4 heterocycles. The number of halogens is 1. The molecule has 0 aliphatic carbocycles. The molecule has 0 bridgehead atoms. The first-order valence-electron chi connectivity index (χ1n) is 7.08. The molecular formula is C15H14ClN5S. The average molecular weight is 332 g/mol. The molecule has 0 fully saturated rings. The number of nitrogens with zero attached hydrogens (tertiary/aromatic N) is 4. The van der Waals surface area contributed by atoms with Crippen molar-refractivity contribution in [2.75, 3.05) is 6.54 Å². The summed E-state index contributed by atoms with van der Waals surface area (Å²) in [5.41, 5.74) is 3.31. The first-order valence-corrected chi connectivity index (χ1v) is 8.34. The van der Waals surface area contributed by atoms with E-state index in [0.717, 1.165) is 48.1 Å². The van der Waals surface area contributed by atoms with Crippen LogP contribution in [0, 0.1) is 0 Å². The van der Waals surface area contributed by atoms with Crippen molar-refractivity contribution in [3.05, 3.63) is 51.9 Å². The van der Waals surface area contributed by atoms with Gasteiger partial charge in [-0.05, 0) is 11.4 Å². The van der Waals surface area contributed by atoms with E-state index in [4.69, 9.17) is 16.6 Å². The molecule has 1 N–H and O–H groups in total. The summed E-state index contributed by atoms with van der Waals surface area (Å²) < 4.78 is 0. The third-order valence-corrected chi connectivity index (χ3v) is 4.99. The highest BCUT2D eigenvalue weighted by atomic mass is 35.5. The van der Waals surface area contributed by atoms with E-state index >= 15 is 0 Å². The van der Waals surface area contributed by atoms with E-state index < -0.39 is 0 Å². The number of hydrogen-bond donors (Lipinski definition) is 1. The van der Waals surface area contributed by atoms with Crippen molar-refractivity contribution in [2.45, 2.75) is 19.5 Å². The minimum Gasteiger partial charge on any atom is -0.293 e. The topological polar surface area (TPSA) is 57.7 Å². The monoisotopic (exact) mass is 331 g/mol. The van der Waals surface area contributed by atoms with Crippen LogP contribution in [0.15, 0.2) is 29.9 Å². The third-order valence-electron chi connectivity index (χ3n) is 3.80. The molecule has 3 aromatic rings. The first-order chi connectivity index (χ1) is 10.8. The van der Waals surface area contributed by atoms with Crippen molar-refractivity contribution in [2.24, 2.45) is 0 Å². The van der Waals surface area contributed by atoms with E-state index in [1.165, 1.54) is 5.56 Å². The van der Waals surface area contributed by atoms with Gasteiger partial charge >= 0.3 is 0 Å². The van der Waals surface area contributed by atoms with Gasteiger partial charge in [0, 0.05) is 37.8 Å². The van der Waals surface area contributed by atoms with E-state index in [0.29, 0.717) is 5.02 Å². The van der Waals surface area contributed by atoms with E-state index in [1.54, 1.807) is 17.5 Å². The lowest BCUT2D eigenvalue weighted by molar-refractivity contribution is 0.240. The third kappa shape index (κ3) is 2.65. The van der Waals surface area contributed by atoms with E-state index in [9.17, 15) is 0 Å². The Morgan fingerprint density at radius 2 is 2.32 bits per heavy atom. The number of aromatic nitrogens is 4. The molecule has 0 saturated carbocycles. The van der Waals surface area contributed by atoms with Crippen LogP contribution in [0.1, 0.15) is 17.0 Å². The molecule has 0 amide bonds. The zero-order valence-corrected chi connectivity index (χ0v) is 13.4. The summed E-state index contributed by atoms with van der Waals surface area (Å²) in [6.45, 7) is 2.57. The average Bonchev–Trinajstić information content (AvgIpc) is 3.19. The van der Waals surface area contributed by atoms with Crippen molar-refractivity contribution in [1.29, 1.82) is 0 Å². The summed E-state index contributed by atoms with van der Waals surface area (Å²) in [5.74, 6) is 0.832. The van der Waals surface area contributed by atoms with Gasteiger partial charge in [0.2, 0.25) is 0 Å². The SMILES string of the molecule is Clc1cn[nH]c1CN1CCc2nc(-c3cccs3)ncc2C1. The molecule has 7 heteroatoms. The van der Waals surface area contributed by atoms with Crippen molar-refractivity contribution < 1.29 is 0 Å². The Morgan fingerprint density at radius 1 is 1.36 bits per heavy atom. The minimum atomic E-state index is 0.690. The van der Waals surface area contributed by atoms with Crippen LogP contribution in [-0.4, -0.2) is 31.6 Å². The van der Waals surface area contributed by atoms with Gasteiger partial charge in [-0.1, -0.05) is 17.7 Å². The van der Waals surface area contributed by atoms with E-state index in [2.05, 4.69) is 26.1 Å². The fourth-order valence-corrected chi connectivity index (χ4v) is 3.48. The molecule has 22 heavy (non-hydrogen) atoms. The molecular weight excluding hydrogens is 318 g/mol. The Hall–Kier alpha value is -1.76. The van der Waals surface area contributed by atoms with Crippen molar-refractivity contribution in [1.82, 2.24) is 25.1 Å². The maximum atomic E-state index is 6.09. The lowest BCUT2D eigenvalue weighted by Crippen LogP contribution is -2.31. The molecule has 1 aliphatic rings. The maximum absolute atomic E-state index is 6.09. The van der Waals surface area contributed by atoms with E-state index in [-0.39, 0.29) is 0 Å². The number of rotatable bonds is 3. The quantitative estimate of drug-likeness (QED) is 0.801. The highest BCUT2D eigenvalue weighted by molar-refractivity contribution is 7.13. The van der Waals surface area contributed by atoms with Crippen molar-refractivity contribution in [3.63, 3.8) is 0 Å². The Kier molecular flexibility index (Phi) is 3.65. The Balaban J connectivity index is 1.53. The van der Waals surface area contributed by atoms with Gasteiger partial charge in [-0.3, -0.25) is 10.00 Å². The first kappa shape index (κ1) is 13.9. The Morgan fingerprint density at radius 3 is 3.09 bits per heavy atom. The van der Waals surface area contributed by atoms with Gasteiger partial charge < -0.3 is 0 Å². The van der Waals surface area contributed by atoms with Gasteiger partial charge in [-0.25, -0.2) is 9.97 Å². The van der Waals surface area contributed by atoms with Crippen LogP contribution in [0.2, 0.25) is 5.02 Å². The van der Waals surface area contributed by atoms with Gasteiger partial charge in [0.25, 0.3) is 0 Å². The van der Waals surface area contributed by atoms with Gasteiger partial charge in [-0.2, -0.15) is 5.10 Å². The summed E-state index contributed by atoms with van der Waals surface area (Å²) in [6, 6.07) is 4.08. The summed E-state index contributed by atoms with van der Waals surface area (Å²) in [6.07, 6.45) is 4.53. The smallest absolute Gasteiger partial charge is 0.169 e. The molecule has 0 saturated heterocycles. The molecule has 0 aromatic carbocycles. The maximum Gasteiger partial charge on any atom is 0.169 e. The van der Waals surface area contributed by atoms with Gasteiger partial charge in [0.15, 0.2) is 5.82 Å². The number of thiophene rings is 1. The van der Waals surface area contributed by atoms with Crippen LogP contribution >= 0.6 is 22.9 Å². The standard InChI is InChI=1S/C15H14ClN5S/c16-11-7-18-20-13(11)9-21-4-3-12-10(8-21)6-17-15(19-12)14-2-1-5-22-14/h1-2,5-7H,3-4,8-9H2,(H,18,20). The van der Waals surface area contributed by atoms with Crippen LogP contribution in [0.25, 0.3) is 10.7 Å². The molecule has 0 unspecified atom stereocenters. The van der Waals surface area contributed by atoms with Crippen LogP contribution < -0.4 is 0 Å². The number of nitrogens with one attached hydrogen (secondary N) is 1. The predicted octanol–water partition coefficient (Wildman–Crippen LogP) is 3.14. The minimum absolute atomic E-state index is 0.690. The summed E-state index contributed by atoms with van der Waals surface area (Å²) in [5, 5.41) is 9.65. The summed E-state index contributed by atoms with van der Waals surface area (Å²) >= 11 is 7.76. The highest BCUT2D eigenvalue weighted by Crippen LogP contribution is 2.25. The predicted molar refractivity (Wildman–Crippen MR) is 86.8 cm³/mol. The molecule has 112 valence electrons. The second-order valence-corrected chi connectivity index (χ2v) is 6.65. The van der Waals surface area contributed by atoms with Crippen molar-refractivity contribution >= 4 is 22.9 Å². The summed E-state index contributed by atoms with van der Waals surface area (Å²) in [7, 11) is 0. The number of fused-ring (bicyclic) bond motifs is 1. The molecule has 4 rings (SSSR count). The van der Waals surface area contributed by atoms with Crippen LogP contribution in [0.3, 0.4) is 0 Å². The number of hydrogen-bond acceptors (Lipinski definition) is 5. The van der Waals surface area contributed by atoms with Crippen molar-refractivity contribution in [3.8, 4) is 10.7 Å². The summed E-state index contributed by atoms with van der Waals surface area (Å²) in [4.78, 5) is 12.7. The van der Waals surface area contributed by atoms with Gasteiger partial charge in [0.1, 0.15) is 0 Å². The molecule has 3 aromatic heterocycles. The van der Waals surface area contributed by atoms with Gasteiger partial charge in [-0.15, -0.1) is 11.3 Å². The second kappa shape index (κ2) is 5.79. The highest BCUT2D eigenvalue weighted by Gasteiger charge is 2.20. The zero-order chi connectivity index (χ0) is 14.9. The molecule has 0 atom stereocenters. The fraction of sp³-hybridized carbons (Fsp3) is 0.267. The molecule has 1 aliphatic heterocycles. The Bertz CT molecular complexity index is 783. The molecule has 0 radical (unpaired) electrons. The van der Waals surface area contributed by atoms with E-state index in [1.807, 2.05) is 17.6 Å². The molecule has 5 nitrogen and oxygen atoms in total. The lowest BCUT2D eigenvalue weighted by atomic mass is 10.1. The lowest BCUT2D eigenvalue weighted by Gasteiger charge is -2.27. The van der Waals surface area contributed by atoms with Crippen LogP contribution in [0.4, 0.5) is 0 Å².